The maximum absolute atomic E-state index is 11.5. The normalized spacial score (nSPS) is 20.8. The summed E-state index contributed by atoms with van der Waals surface area (Å²) in [5, 5.41) is 23.8. The van der Waals surface area contributed by atoms with E-state index in [0.717, 1.165) is 27.2 Å². The molecule has 2 aliphatic rings. The molecule has 0 radical (unpaired) electrons. The molecule has 1 unspecified atom stereocenters. The Kier molecular flexibility index (Phi) is 2.71. The van der Waals surface area contributed by atoms with Gasteiger partial charge in [-0.15, -0.1) is 0 Å². The minimum Gasteiger partial charge on any atom is -0.481 e. The first-order valence-electron chi connectivity index (χ1n) is 8.22. The molecule has 0 spiro atoms. The molecule has 0 bridgehead atoms. The van der Waals surface area contributed by atoms with Crippen LogP contribution in [0.15, 0.2) is 48.5 Å². The molecular weight excluding hydrogens is 316 g/mol. The Morgan fingerprint density at radius 3 is 2.76 bits per heavy atom. The first-order valence-corrected chi connectivity index (χ1v) is 8.22. The number of carboxylic acids is 1. The highest BCUT2D eigenvalue weighted by atomic mass is 16.4. The molecule has 124 valence electrons. The summed E-state index contributed by atoms with van der Waals surface area (Å²) in [4.78, 5) is 16.9. The molecular formula is C20H16N2O3. The smallest absolute Gasteiger partial charge is 0.307 e. The van der Waals surface area contributed by atoms with Crippen molar-refractivity contribution in [3.63, 3.8) is 0 Å². The first-order chi connectivity index (χ1) is 12.1. The number of hydrogen-bond acceptors (Lipinski definition) is 3. The summed E-state index contributed by atoms with van der Waals surface area (Å²) in [5.74, 6) is -1.03. The lowest BCUT2D eigenvalue weighted by Gasteiger charge is -2.28. The Morgan fingerprint density at radius 2 is 1.92 bits per heavy atom. The number of aliphatic hydroxyl groups is 1. The van der Waals surface area contributed by atoms with Gasteiger partial charge in [0, 0.05) is 33.9 Å². The molecule has 0 amide bonds. The van der Waals surface area contributed by atoms with Crippen LogP contribution in [0.5, 0.6) is 0 Å². The average molecular weight is 332 g/mol. The Hall–Kier alpha value is -3.05. The fraction of sp³-hybridized carbons (Fsp3) is 0.150. The number of nitrogens with zero attached hydrogens (tertiary/aromatic N) is 1. The Labute approximate surface area is 143 Å². The number of H-pyrrole nitrogens is 1. The van der Waals surface area contributed by atoms with Crippen molar-refractivity contribution in [1.82, 2.24) is 4.98 Å². The number of benzene rings is 2. The number of aliphatic carboxylic acids is 1. The van der Waals surface area contributed by atoms with Gasteiger partial charge in [-0.1, -0.05) is 42.5 Å². The van der Waals surface area contributed by atoms with Crippen LogP contribution in [0.1, 0.15) is 12.0 Å². The van der Waals surface area contributed by atoms with E-state index < -0.39 is 11.6 Å². The number of hydrogen-bond donors (Lipinski definition) is 3. The summed E-state index contributed by atoms with van der Waals surface area (Å²) in [6, 6.07) is 15.4. The van der Waals surface area contributed by atoms with Crippen molar-refractivity contribution in [2.75, 3.05) is 11.4 Å². The van der Waals surface area contributed by atoms with Gasteiger partial charge >= 0.3 is 5.97 Å². The van der Waals surface area contributed by atoms with Crippen molar-refractivity contribution < 1.29 is 15.0 Å². The highest BCUT2D eigenvalue weighted by Crippen LogP contribution is 2.48. The topological polar surface area (TPSA) is 76.6 Å². The van der Waals surface area contributed by atoms with E-state index in [-0.39, 0.29) is 6.42 Å². The molecule has 1 atom stereocenters. The van der Waals surface area contributed by atoms with Gasteiger partial charge in [-0.25, -0.2) is 0 Å². The number of fused-ring (bicyclic) bond motifs is 6. The maximum Gasteiger partial charge on any atom is 0.307 e. The van der Waals surface area contributed by atoms with Gasteiger partial charge in [0.15, 0.2) is 0 Å². The molecule has 5 heteroatoms. The zero-order valence-corrected chi connectivity index (χ0v) is 13.4. The lowest BCUT2D eigenvalue weighted by Crippen LogP contribution is -2.44. The van der Waals surface area contributed by atoms with E-state index >= 15 is 0 Å². The van der Waals surface area contributed by atoms with E-state index in [0.29, 0.717) is 17.8 Å². The third kappa shape index (κ3) is 1.78. The van der Waals surface area contributed by atoms with Crippen LogP contribution in [-0.4, -0.2) is 27.7 Å². The summed E-state index contributed by atoms with van der Waals surface area (Å²) in [6.07, 6.45) is 1.76. The summed E-state index contributed by atoms with van der Waals surface area (Å²) in [6.45, 7) is 0.600. The van der Waals surface area contributed by atoms with Crippen LogP contribution >= 0.6 is 0 Å². The van der Waals surface area contributed by atoms with Crippen LogP contribution in [-0.2, 0) is 10.4 Å². The third-order valence-electron chi connectivity index (χ3n) is 5.17. The Bertz CT molecular complexity index is 1160. The number of nitrogens with one attached hydrogen (secondary N) is 1. The van der Waals surface area contributed by atoms with Crippen molar-refractivity contribution in [1.29, 1.82) is 0 Å². The number of rotatable bonds is 2. The van der Waals surface area contributed by atoms with E-state index in [1.165, 1.54) is 0 Å². The van der Waals surface area contributed by atoms with Gasteiger partial charge in [0.1, 0.15) is 5.60 Å². The fourth-order valence-corrected chi connectivity index (χ4v) is 4.20. The van der Waals surface area contributed by atoms with Crippen LogP contribution in [0.3, 0.4) is 0 Å². The van der Waals surface area contributed by atoms with Crippen molar-refractivity contribution in [2.45, 2.75) is 12.0 Å². The second kappa shape index (κ2) is 4.74. The van der Waals surface area contributed by atoms with Gasteiger partial charge in [0.2, 0.25) is 0 Å². The lowest BCUT2D eigenvalue weighted by molar-refractivity contribution is -0.140. The second-order valence-corrected chi connectivity index (χ2v) is 6.57. The van der Waals surface area contributed by atoms with Crippen LogP contribution in [0, 0.1) is 0 Å². The quantitative estimate of drug-likeness (QED) is 0.660. The predicted octanol–water partition coefficient (Wildman–Crippen LogP) is 1.25. The molecule has 25 heavy (non-hydrogen) atoms. The van der Waals surface area contributed by atoms with E-state index in [9.17, 15) is 15.0 Å². The largest absolute Gasteiger partial charge is 0.481 e. The molecule has 0 aliphatic carbocycles. The molecule has 3 aromatic rings. The van der Waals surface area contributed by atoms with Gasteiger partial charge in [0.25, 0.3) is 0 Å². The van der Waals surface area contributed by atoms with E-state index in [1.807, 2.05) is 53.4 Å². The van der Waals surface area contributed by atoms with Crippen LogP contribution in [0.4, 0.5) is 5.69 Å². The van der Waals surface area contributed by atoms with Gasteiger partial charge in [-0.2, -0.15) is 0 Å². The van der Waals surface area contributed by atoms with Crippen LogP contribution in [0.25, 0.3) is 22.7 Å². The molecule has 3 N–H and O–H groups in total. The number of carboxylic acid groups (broad SMARTS) is 1. The van der Waals surface area contributed by atoms with Crippen LogP contribution in [0.2, 0.25) is 0 Å². The zero-order chi connectivity index (χ0) is 17.2. The first kappa shape index (κ1) is 14.3. The van der Waals surface area contributed by atoms with Gasteiger partial charge in [0.05, 0.1) is 17.5 Å². The SMILES string of the molecule is O=C(O)CC1(O)C2=c3[nH]c4ccccc4c3=CCN2c2ccccc21. The number of carbonyl (C=O) groups is 1. The molecule has 1 aromatic heterocycles. The number of para-hydroxylation sites is 2. The molecule has 0 saturated heterocycles. The molecule has 5 rings (SSSR count). The molecule has 2 aromatic carbocycles. The summed E-state index contributed by atoms with van der Waals surface area (Å²) < 4.78 is 0. The minimum atomic E-state index is -1.55. The molecule has 3 heterocycles. The average Bonchev–Trinajstić information content (AvgIpc) is 3.09. The van der Waals surface area contributed by atoms with Crippen molar-refractivity contribution >= 4 is 34.3 Å². The van der Waals surface area contributed by atoms with E-state index in [4.69, 9.17) is 0 Å². The van der Waals surface area contributed by atoms with Crippen molar-refractivity contribution in [3.05, 3.63) is 64.7 Å². The summed E-state index contributed by atoms with van der Waals surface area (Å²) in [7, 11) is 0. The Balaban J connectivity index is 1.93. The number of anilines is 1. The standard InChI is InChI=1S/C20H16N2O3/c23-17(24)11-20(25)14-6-2-4-8-16(14)22-10-9-13-12-5-1-3-7-15(12)21-18(13)19(20)22/h1-9,21,25H,10-11H2,(H,23,24). The van der Waals surface area contributed by atoms with Gasteiger partial charge < -0.3 is 20.1 Å². The molecule has 2 aliphatic heterocycles. The highest BCUT2D eigenvalue weighted by Gasteiger charge is 2.48. The summed E-state index contributed by atoms with van der Waals surface area (Å²) in [5.41, 5.74) is 1.57. The number of aromatic nitrogens is 1. The number of aromatic amines is 1. The monoisotopic (exact) mass is 332 g/mol. The predicted molar refractivity (Wildman–Crippen MR) is 95.4 cm³/mol. The Morgan fingerprint density at radius 1 is 1.16 bits per heavy atom. The van der Waals surface area contributed by atoms with E-state index in [2.05, 4.69) is 11.1 Å². The van der Waals surface area contributed by atoms with Crippen LogP contribution < -0.4 is 15.5 Å². The summed E-state index contributed by atoms with van der Waals surface area (Å²) >= 11 is 0. The van der Waals surface area contributed by atoms with Crippen molar-refractivity contribution in [3.8, 4) is 0 Å². The second-order valence-electron chi connectivity index (χ2n) is 6.57. The zero-order valence-electron chi connectivity index (χ0n) is 13.4. The fourth-order valence-electron chi connectivity index (χ4n) is 4.20. The highest BCUT2D eigenvalue weighted by molar-refractivity contribution is 5.92. The minimum absolute atomic E-state index is 0.370. The van der Waals surface area contributed by atoms with Gasteiger partial charge in [-0.3, -0.25) is 4.79 Å². The molecule has 0 saturated carbocycles. The molecule has 0 fully saturated rings. The lowest BCUT2D eigenvalue weighted by atomic mass is 9.89. The van der Waals surface area contributed by atoms with E-state index in [1.54, 1.807) is 0 Å². The van der Waals surface area contributed by atoms with Crippen molar-refractivity contribution in [2.24, 2.45) is 0 Å². The van der Waals surface area contributed by atoms with Gasteiger partial charge in [-0.05, 0) is 12.1 Å². The maximum atomic E-state index is 11.5. The third-order valence-corrected chi connectivity index (χ3v) is 5.17. The molecule has 5 nitrogen and oxygen atoms in total.